The molecular weight excluding hydrogens is 481 g/mol. The third kappa shape index (κ3) is 3.03. The Morgan fingerprint density at radius 3 is 2.59 bits per heavy atom. The zero-order valence-electron chi connectivity index (χ0n) is 19.9. The summed E-state index contributed by atoms with van der Waals surface area (Å²) < 4.78 is 16.0. The lowest BCUT2D eigenvalue weighted by Crippen LogP contribution is -2.56. The molecular formula is C26H24FN5O5. The van der Waals surface area contributed by atoms with Crippen LogP contribution in [0, 0.1) is 17.2 Å². The number of ketones is 1. The molecule has 2 amide bonds. The molecule has 2 aliphatic carbocycles. The lowest BCUT2D eigenvalue weighted by Gasteiger charge is -2.37. The number of carboxylic acid groups (broad SMARTS) is 1. The van der Waals surface area contributed by atoms with Crippen LogP contribution in [-0.4, -0.2) is 59.9 Å². The average molecular weight is 506 g/mol. The van der Waals surface area contributed by atoms with Gasteiger partial charge in [-0.2, -0.15) is 5.10 Å². The van der Waals surface area contributed by atoms with Gasteiger partial charge in [-0.1, -0.05) is 18.2 Å². The number of hydrogen-bond donors (Lipinski definition) is 2. The molecule has 10 nitrogen and oxygen atoms in total. The van der Waals surface area contributed by atoms with E-state index in [0.29, 0.717) is 23.0 Å². The molecule has 2 aromatic heterocycles. The van der Waals surface area contributed by atoms with Crippen LogP contribution in [0.15, 0.2) is 42.6 Å². The van der Waals surface area contributed by atoms with Crippen molar-refractivity contribution in [3.05, 3.63) is 59.7 Å². The van der Waals surface area contributed by atoms with E-state index in [2.05, 4.69) is 10.1 Å². The molecule has 6 rings (SSSR count). The third-order valence-corrected chi connectivity index (χ3v) is 8.46. The number of aliphatic carboxylic acids is 1. The molecule has 3 aromatic rings. The molecule has 3 fully saturated rings. The second kappa shape index (κ2) is 7.67. The summed E-state index contributed by atoms with van der Waals surface area (Å²) in [4.78, 5) is 56.8. The summed E-state index contributed by atoms with van der Waals surface area (Å²) in [5, 5.41) is 14.8. The topological polar surface area (TPSA) is 148 Å². The van der Waals surface area contributed by atoms with Gasteiger partial charge < -0.3 is 15.7 Å². The maximum atomic E-state index is 14.7. The molecule has 1 aromatic carbocycles. The van der Waals surface area contributed by atoms with Gasteiger partial charge in [-0.25, -0.2) is 18.9 Å². The molecule has 0 radical (unpaired) electrons. The number of Topliss-reactive ketones (excluding diaryl/α,β-unsaturated/α-hetero) is 1. The molecule has 3 N–H and O–H groups in total. The van der Waals surface area contributed by atoms with E-state index in [4.69, 9.17) is 5.73 Å². The fourth-order valence-corrected chi connectivity index (χ4v) is 6.86. The van der Waals surface area contributed by atoms with Crippen LogP contribution in [-0.2, 0) is 20.9 Å². The van der Waals surface area contributed by atoms with Gasteiger partial charge in [0.05, 0.1) is 16.3 Å². The van der Waals surface area contributed by atoms with Gasteiger partial charge in [-0.05, 0) is 48.9 Å². The van der Waals surface area contributed by atoms with Crippen molar-refractivity contribution in [1.82, 2.24) is 19.7 Å². The first kappa shape index (κ1) is 23.3. The summed E-state index contributed by atoms with van der Waals surface area (Å²) in [7, 11) is 0. The van der Waals surface area contributed by atoms with Gasteiger partial charge in [0, 0.05) is 19.0 Å². The van der Waals surface area contributed by atoms with Crippen LogP contribution in [0.1, 0.15) is 48.2 Å². The number of primary amides is 1. The largest absolute Gasteiger partial charge is 0.480 e. The number of pyridine rings is 1. The Kier molecular flexibility index (Phi) is 4.82. The summed E-state index contributed by atoms with van der Waals surface area (Å²) in [6, 6.07) is 8.29. The summed E-state index contributed by atoms with van der Waals surface area (Å²) in [6.45, 7) is 0.983. The number of aromatic nitrogens is 3. The van der Waals surface area contributed by atoms with Crippen LogP contribution < -0.4 is 5.73 Å². The number of carboxylic acids is 1. The van der Waals surface area contributed by atoms with Crippen molar-refractivity contribution in [3.8, 4) is 0 Å². The molecule has 0 unspecified atom stereocenters. The van der Waals surface area contributed by atoms with E-state index in [1.807, 2.05) is 0 Å². The quantitative estimate of drug-likeness (QED) is 0.466. The van der Waals surface area contributed by atoms with Crippen molar-refractivity contribution < 1.29 is 28.7 Å². The summed E-state index contributed by atoms with van der Waals surface area (Å²) in [5.41, 5.74) is 4.35. The maximum absolute atomic E-state index is 14.7. The van der Waals surface area contributed by atoms with Gasteiger partial charge in [-0.15, -0.1) is 0 Å². The van der Waals surface area contributed by atoms with Gasteiger partial charge in [0.25, 0.3) is 0 Å². The number of amides is 2. The number of halogens is 1. The summed E-state index contributed by atoms with van der Waals surface area (Å²) >= 11 is 0. The summed E-state index contributed by atoms with van der Waals surface area (Å²) in [6.07, 6.45) is 2.33. The van der Waals surface area contributed by atoms with Crippen molar-refractivity contribution in [1.29, 1.82) is 0 Å². The van der Waals surface area contributed by atoms with E-state index in [1.165, 1.54) is 28.8 Å². The van der Waals surface area contributed by atoms with Crippen molar-refractivity contribution in [2.24, 2.45) is 17.1 Å². The van der Waals surface area contributed by atoms with E-state index >= 15 is 0 Å². The molecule has 3 aliphatic rings. The molecule has 0 spiro atoms. The lowest BCUT2D eigenvalue weighted by molar-refractivity contribution is -0.154. The number of nitrogens with zero attached hydrogens (tertiary/aromatic N) is 4. The number of nitrogens with two attached hydrogens (primary N) is 1. The van der Waals surface area contributed by atoms with E-state index in [0.717, 1.165) is 0 Å². The van der Waals surface area contributed by atoms with Crippen LogP contribution >= 0.6 is 0 Å². The molecule has 1 saturated heterocycles. The summed E-state index contributed by atoms with van der Waals surface area (Å²) in [5.74, 6) is -4.01. The van der Waals surface area contributed by atoms with Crippen molar-refractivity contribution in [2.75, 3.05) is 0 Å². The number of hydrogen-bond acceptors (Lipinski definition) is 6. The second-order valence-electron chi connectivity index (χ2n) is 10.2. The Hall–Kier alpha value is -4.15. The van der Waals surface area contributed by atoms with Crippen LogP contribution in [0.25, 0.3) is 11.0 Å². The molecule has 3 heterocycles. The van der Waals surface area contributed by atoms with Crippen molar-refractivity contribution in [3.63, 3.8) is 0 Å². The van der Waals surface area contributed by atoms with Gasteiger partial charge in [0.15, 0.2) is 11.4 Å². The first-order valence-electron chi connectivity index (χ1n) is 12.0. The lowest BCUT2D eigenvalue weighted by atomic mass is 9.85. The smallest absolute Gasteiger partial charge is 0.326 e. The Morgan fingerprint density at radius 1 is 1.16 bits per heavy atom. The molecule has 5 atom stereocenters. The Morgan fingerprint density at radius 2 is 1.92 bits per heavy atom. The Bertz CT molecular complexity index is 1520. The number of carbonyl (C=O) groups is 4. The predicted octanol–water partition coefficient (Wildman–Crippen LogP) is 1.88. The normalized spacial score (nSPS) is 29.7. The molecule has 0 bridgehead atoms. The van der Waals surface area contributed by atoms with E-state index in [-0.39, 0.29) is 36.8 Å². The van der Waals surface area contributed by atoms with E-state index < -0.39 is 46.5 Å². The molecule has 37 heavy (non-hydrogen) atoms. The van der Waals surface area contributed by atoms with Gasteiger partial charge >= 0.3 is 5.97 Å². The zero-order valence-corrected chi connectivity index (χ0v) is 19.9. The molecule has 190 valence electrons. The highest BCUT2D eigenvalue weighted by Gasteiger charge is 2.85. The fraction of sp³-hybridized carbons (Fsp3) is 0.385. The maximum Gasteiger partial charge on any atom is 0.326 e. The number of rotatable bonds is 7. The third-order valence-electron chi connectivity index (χ3n) is 8.46. The SMILES string of the molecule is CC(=O)c1nn(CC(=O)N2[C@H](C(=O)O)C[C@H]3C[C@@]32[C@@]2(C(N)=O)C[C@@H]2c2ccccc2F)c2ncccc12. The highest BCUT2D eigenvalue weighted by atomic mass is 19.1. The molecule has 1 aliphatic heterocycles. The van der Waals surface area contributed by atoms with E-state index in [1.54, 1.807) is 30.3 Å². The Labute approximate surface area is 210 Å². The zero-order chi connectivity index (χ0) is 26.3. The molecule has 11 heteroatoms. The van der Waals surface area contributed by atoms with Crippen LogP contribution in [0.5, 0.6) is 0 Å². The van der Waals surface area contributed by atoms with Crippen LogP contribution in [0.3, 0.4) is 0 Å². The number of fused-ring (bicyclic) bond motifs is 2. The number of carbonyl (C=O) groups excluding carboxylic acids is 3. The number of benzene rings is 1. The van der Waals surface area contributed by atoms with Crippen LogP contribution in [0.2, 0.25) is 0 Å². The average Bonchev–Trinajstić information content (AvgIpc) is 3.71. The Balaban J connectivity index is 1.41. The minimum atomic E-state index is -1.27. The standard InChI is InChI=1S/C26H24FN5O5/c1-13(33)21-16-6-4-8-29-22(16)31(30-21)12-20(34)32-19(23(35)36)9-14-10-26(14,32)25(24(28)37)11-17(25)15-5-2-3-7-18(15)27/h2-8,14,17,19H,9-12H2,1H3,(H2,28,37)(H,35,36)/t14-,17+,19-,25-,26-/m0/s1. The van der Waals surface area contributed by atoms with Gasteiger partial charge in [-0.3, -0.25) is 14.4 Å². The molecule has 2 saturated carbocycles. The van der Waals surface area contributed by atoms with Crippen molar-refractivity contribution in [2.45, 2.75) is 50.2 Å². The first-order chi connectivity index (χ1) is 17.6. The predicted molar refractivity (Wildman–Crippen MR) is 127 cm³/mol. The second-order valence-corrected chi connectivity index (χ2v) is 10.2. The monoisotopic (exact) mass is 505 g/mol. The number of piperidine rings is 1. The van der Waals surface area contributed by atoms with Gasteiger partial charge in [0.2, 0.25) is 11.8 Å². The minimum Gasteiger partial charge on any atom is -0.480 e. The van der Waals surface area contributed by atoms with Gasteiger partial charge in [0.1, 0.15) is 24.1 Å². The van der Waals surface area contributed by atoms with E-state index in [9.17, 15) is 28.7 Å². The minimum absolute atomic E-state index is 0.154. The number of likely N-dealkylation sites (tertiary alicyclic amines) is 1. The van der Waals surface area contributed by atoms with Crippen molar-refractivity contribution >= 4 is 34.6 Å². The van der Waals surface area contributed by atoms with Crippen LogP contribution in [0.4, 0.5) is 4.39 Å². The fourth-order valence-electron chi connectivity index (χ4n) is 6.86. The first-order valence-corrected chi connectivity index (χ1v) is 12.0. The highest BCUT2D eigenvalue weighted by Crippen LogP contribution is 2.79. The highest BCUT2D eigenvalue weighted by molar-refractivity contribution is 6.04.